The Morgan fingerprint density at radius 1 is 1.29 bits per heavy atom. The maximum Gasteiger partial charge on any atom is 0.317 e. The van der Waals surface area contributed by atoms with Gasteiger partial charge in [0.1, 0.15) is 0 Å². The van der Waals surface area contributed by atoms with E-state index in [1.165, 1.54) is 32.1 Å². The molecule has 7 nitrogen and oxygen atoms in total. The van der Waals surface area contributed by atoms with Crippen LogP contribution in [0.2, 0.25) is 5.02 Å². The minimum atomic E-state index is -0.211. The number of carbonyl (C=O) groups excluding carboxylic acids is 1. The molecule has 0 spiro atoms. The molecule has 0 aromatic heterocycles. The molecule has 0 radical (unpaired) electrons. The second-order valence-electron chi connectivity index (χ2n) is 9.70. The first kappa shape index (κ1) is 29.3. The van der Waals surface area contributed by atoms with Gasteiger partial charge in [-0.25, -0.2) is 4.79 Å². The van der Waals surface area contributed by atoms with E-state index in [0.717, 1.165) is 18.5 Å². The van der Waals surface area contributed by atoms with Crippen molar-refractivity contribution in [1.82, 2.24) is 20.9 Å². The summed E-state index contributed by atoms with van der Waals surface area (Å²) < 4.78 is 11.3. The van der Waals surface area contributed by atoms with Gasteiger partial charge in [0.15, 0.2) is 5.88 Å². The number of hydrogen-bond donors (Lipinski definition) is 3. The first-order valence-corrected chi connectivity index (χ1v) is 13.2. The predicted molar refractivity (Wildman–Crippen MR) is 144 cm³/mol. The van der Waals surface area contributed by atoms with Crippen molar-refractivity contribution in [3.8, 4) is 0 Å². The minimum absolute atomic E-state index is 0.0455. The lowest BCUT2D eigenvalue weighted by Crippen LogP contribution is -2.48. The zero-order chi connectivity index (χ0) is 25.6. The van der Waals surface area contributed by atoms with Gasteiger partial charge in [-0.05, 0) is 43.7 Å². The molecule has 1 aromatic rings. The second-order valence-corrected chi connectivity index (χ2v) is 10.1. The topological polar surface area (TPSA) is 74.9 Å². The number of nitrogens with zero attached hydrogens (tertiary/aromatic N) is 1. The van der Waals surface area contributed by atoms with E-state index in [2.05, 4.69) is 29.5 Å². The number of rotatable bonds is 15. The van der Waals surface area contributed by atoms with Gasteiger partial charge in [-0.3, -0.25) is 0 Å². The smallest absolute Gasteiger partial charge is 0.317 e. The van der Waals surface area contributed by atoms with Crippen LogP contribution in [0.25, 0.3) is 0 Å². The summed E-state index contributed by atoms with van der Waals surface area (Å²) in [6.45, 7) is 8.23. The Balaban J connectivity index is 1.96. The number of carbonyl (C=O) groups is 1. The van der Waals surface area contributed by atoms with Gasteiger partial charge >= 0.3 is 6.03 Å². The van der Waals surface area contributed by atoms with Gasteiger partial charge < -0.3 is 30.3 Å². The van der Waals surface area contributed by atoms with Crippen LogP contribution in [0.3, 0.4) is 0 Å². The number of amides is 2. The number of hydrogen-bond acceptors (Lipinski definition) is 5. The van der Waals surface area contributed by atoms with Crippen molar-refractivity contribution in [3.63, 3.8) is 0 Å². The first-order valence-electron chi connectivity index (χ1n) is 12.8. The Bertz CT molecular complexity index is 773. The van der Waals surface area contributed by atoms with Crippen molar-refractivity contribution in [2.75, 3.05) is 47.4 Å². The van der Waals surface area contributed by atoms with E-state index in [-0.39, 0.29) is 24.1 Å². The van der Waals surface area contributed by atoms with E-state index in [9.17, 15) is 4.79 Å². The molecule has 0 aliphatic heterocycles. The van der Waals surface area contributed by atoms with Gasteiger partial charge in [0.25, 0.3) is 0 Å². The average Bonchev–Trinajstić information content (AvgIpc) is 2.84. The lowest BCUT2D eigenvalue weighted by molar-refractivity contribution is 0.0108. The van der Waals surface area contributed by atoms with Crippen LogP contribution in [0.4, 0.5) is 4.79 Å². The number of likely N-dealkylation sites (N-methyl/N-ethyl adjacent to an activating group) is 1. The molecule has 0 saturated heterocycles. The van der Waals surface area contributed by atoms with Crippen LogP contribution >= 0.6 is 11.6 Å². The van der Waals surface area contributed by atoms with Gasteiger partial charge in [0, 0.05) is 43.7 Å². The Hall–Kier alpha value is -1.96. The Morgan fingerprint density at radius 2 is 2.03 bits per heavy atom. The minimum Gasteiger partial charge on any atom is -0.483 e. The molecule has 35 heavy (non-hydrogen) atoms. The third-order valence-corrected chi connectivity index (χ3v) is 6.93. The number of benzene rings is 1. The van der Waals surface area contributed by atoms with Crippen LogP contribution in [0, 0.1) is 11.8 Å². The summed E-state index contributed by atoms with van der Waals surface area (Å²) in [5.74, 6) is 1.26. The van der Waals surface area contributed by atoms with Gasteiger partial charge in [-0.2, -0.15) is 0 Å². The molecule has 2 amide bonds. The number of ether oxygens (including phenoxy) is 2. The van der Waals surface area contributed by atoms with E-state index in [0.29, 0.717) is 36.5 Å². The third-order valence-electron chi connectivity index (χ3n) is 6.69. The van der Waals surface area contributed by atoms with Crippen LogP contribution < -0.4 is 16.0 Å². The number of urea groups is 1. The third kappa shape index (κ3) is 10.7. The lowest BCUT2D eigenvalue weighted by atomic mass is 9.85. The van der Waals surface area contributed by atoms with E-state index in [1.54, 1.807) is 12.0 Å². The molecule has 0 bridgehead atoms. The molecule has 1 fully saturated rings. The van der Waals surface area contributed by atoms with E-state index < -0.39 is 0 Å². The molecule has 8 heteroatoms. The first-order chi connectivity index (χ1) is 16.8. The van der Waals surface area contributed by atoms with E-state index >= 15 is 0 Å². The molecule has 198 valence electrons. The summed E-state index contributed by atoms with van der Waals surface area (Å²) in [4.78, 5) is 14.8. The quantitative estimate of drug-likeness (QED) is 0.231. The fourth-order valence-electron chi connectivity index (χ4n) is 4.88. The van der Waals surface area contributed by atoms with Crippen molar-refractivity contribution in [2.45, 2.75) is 57.6 Å². The fourth-order valence-corrected chi connectivity index (χ4v) is 5.08. The molecular formula is C27H45ClN4O3. The van der Waals surface area contributed by atoms with Crippen LogP contribution in [-0.2, 0) is 9.47 Å². The monoisotopic (exact) mass is 508 g/mol. The molecule has 2 rings (SSSR count). The molecule has 3 N–H and O–H groups in total. The van der Waals surface area contributed by atoms with Crippen molar-refractivity contribution < 1.29 is 14.3 Å². The number of methoxy groups -OCH3 is 1. The highest BCUT2D eigenvalue weighted by atomic mass is 35.5. The Labute approximate surface area is 217 Å². The molecule has 0 heterocycles. The largest absolute Gasteiger partial charge is 0.483 e. The SMILES string of the molecule is C=C(NCCO[C@@H](c1cccc(Cl)c1)[C@H](C)CN(C)C(=O)N[C@H](CNC)CC1CCCCC1)OC. The molecule has 0 unspecified atom stereocenters. The highest BCUT2D eigenvalue weighted by molar-refractivity contribution is 6.30. The Morgan fingerprint density at radius 3 is 2.69 bits per heavy atom. The highest BCUT2D eigenvalue weighted by Crippen LogP contribution is 2.29. The maximum atomic E-state index is 13.1. The van der Waals surface area contributed by atoms with Crippen LogP contribution in [-0.4, -0.2) is 64.4 Å². The van der Waals surface area contributed by atoms with E-state index in [4.69, 9.17) is 21.1 Å². The zero-order valence-electron chi connectivity index (χ0n) is 21.9. The predicted octanol–water partition coefficient (Wildman–Crippen LogP) is 4.94. The molecule has 1 saturated carbocycles. The normalized spacial score (nSPS) is 16.7. The zero-order valence-corrected chi connectivity index (χ0v) is 22.7. The van der Waals surface area contributed by atoms with Crippen molar-refractivity contribution in [2.24, 2.45) is 11.8 Å². The summed E-state index contributed by atoms with van der Waals surface area (Å²) in [5, 5.41) is 10.2. The highest BCUT2D eigenvalue weighted by Gasteiger charge is 2.25. The van der Waals surface area contributed by atoms with Crippen LogP contribution in [0.1, 0.15) is 57.1 Å². The van der Waals surface area contributed by atoms with Gasteiger partial charge in [-0.1, -0.05) is 62.8 Å². The fraction of sp³-hybridized carbons (Fsp3) is 0.667. The van der Waals surface area contributed by atoms with E-state index in [1.807, 2.05) is 38.4 Å². The van der Waals surface area contributed by atoms with Gasteiger partial charge in [0.2, 0.25) is 0 Å². The number of halogens is 1. The molecule has 1 aliphatic rings. The molecule has 1 aromatic carbocycles. The Kier molecular flexibility index (Phi) is 13.3. The average molecular weight is 509 g/mol. The van der Waals surface area contributed by atoms with Crippen molar-refractivity contribution in [1.29, 1.82) is 0 Å². The van der Waals surface area contributed by atoms with Crippen LogP contribution in [0.15, 0.2) is 36.7 Å². The second kappa shape index (κ2) is 15.9. The lowest BCUT2D eigenvalue weighted by Gasteiger charge is -2.31. The van der Waals surface area contributed by atoms with Crippen molar-refractivity contribution in [3.05, 3.63) is 47.3 Å². The standard InChI is InChI=1S/C27H45ClN4O3/c1-20(26(23-12-9-13-24(28)17-23)35-15-14-30-21(2)34-5)19-32(4)27(33)31-25(18-29-3)16-22-10-7-6-8-11-22/h9,12-13,17,20,22,25-26,29-30H,2,6-8,10-11,14-16,18-19H2,1,3-5H3,(H,31,33)/t20-,25+,26-/m1/s1. The van der Waals surface area contributed by atoms with Gasteiger partial charge in [0.05, 0.1) is 19.8 Å². The summed E-state index contributed by atoms with van der Waals surface area (Å²) in [6, 6.07) is 7.81. The van der Waals surface area contributed by atoms with Gasteiger partial charge in [-0.15, -0.1) is 0 Å². The summed E-state index contributed by atoms with van der Waals surface area (Å²) in [5.41, 5.74) is 0.995. The van der Waals surface area contributed by atoms with Crippen LogP contribution in [0.5, 0.6) is 0 Å². The molecular weight excluding hydrogens is 464 g/mol. The maximum absolute atomic E-state index is 13.1. The summed E-state index contributed by atoms with van der Waals surface area (Å²) >= 11 is 6.26. The molecule has 1 aliphatic carbocycles. The van der Waals surface area contributed by atoms with Crippen molar-refractivity contribution >= 4 is 17.6 Å². The number of nitrogens with one attached hydrogen (secondary N) is 3. The summed E-state index contributed by atoms with van der Waals surface area (Å²) in [6.07, 6.45) is 7.32. The molecule has 3 atom stereocenters. The summed E-state index contributed by atoms with van der Waals surface area (Å²) in [7, 11) is 5.36.